The monoisotopic (exact) mass is 353 g/mol. The van der Waals surface area contributed by atoms with Gasteiger partial charge in [-0.1, -0.05) is 18.2 Å². The quantitative estimate of drug-likeness (QED) is 0.714. The van der Waals surface area contributed by atoms with Crippen molar-refractivity contribution in [3.05, 3.63) is 42.5 Å². The SMILES string of the molecule is CCn1c2ccccc2c2cc(NC(=O)C(C)N(C)CC(=O)O)ccc21. The van der Waals surface area contributed by atoms with E-state index in [1.165, 1.54) is 10.4 Å². The van der Waals surface area contributed by atoms with Crippen LogP contribution >= 0.6 is 0 Å². The number of rotatable bonds is 6. The summed E-state index contributed by atoms with van der Waals surface area (Å²) in [7, 11) is 1.62. The topological polar surface area (TPSA) is 74.6 Å². The predicted molar refractivity (Wildman–Crippen MR) is 103 cm³/mol. The molecule has 6 heteroatoms. The highest BCUT2D eigenvalue weighted by Gasteiger charge is 2.20. The maximum absolute atomic E-state index is 12.4. The number of carboxylic acid groups (broad SMARTS) is 1. The van der Waals surface area contributed by atoms with Gasteiger partial charge in [0, 0.05) is 34.0 Å². The summed E-state index contributed by atoms with van der Waals surface area (Å²) in [6.07, 6.45) is 0. The highest BCUT2D eigenvalue weighted by molar-refractivity contribution is 6.10. The largest absolute Gasteiger partial charge is 0.480 e. The molecule has 136 valence electrons. The highest BCUT2D eigenvalue weighted by Crippen LogP contribution is 2.31. The molecule has 0 aliphatic rings. The van der Waals surface area contributed by atoms with Gasteiger partial charge in [-0.25, -0.2) is 0 Å². The zero-order valence-corrected chi connectivity index (χ0v) is 15.2. The van der Waals surface area contributed by atoms with E-state index in [4.69, 9.17) is 5.11 Å². The van der Waals surface area contributed by atoms with E-state index in [2.05, 4.69) is 28.9 Å². The van der Waals surface area contributed by atoms with E-state index in [9.17, 15) is 9.59 Å². The number of likely N-dealkylation sites (N-methyl/N-ethyl adjacent to an activating group) is 1. The smallest absolute Gasteiger partial charge is 0.317 e. The predicted octanol–water partition coefficient (Wildman–Crippen LogP) is 3.16. The van der Waals surface area contributed by atoms with Crippen LogP contribution in [-0.4, -0.2) is 46.1 Å². The highest BCUT2D eigenvalue weighted by atomic mass is 16.4. The van der Waals surface area contributed by atoms with Crippen molar-refractivity contribution in [1.82, 2.24) is 9.47 Å². The van der Waals surface area contributed by atoms with Crippen LogP contribution in [0.4, 0.5) is 5.69 Å². The summed E-state index contributed by atoms with van der Waals surface area (Å²) < 4.78 is 2.25. The lowest BCUT2D eigenvalue weighted by Gasteiger charge is -2.22. The Morgan fingerprint density at radius 3 is 2.54 bits per heavy atom. The number of anilines is 1. The average Bonchev–Trinajstić information content (AvgIpc) is 2.93. The van der Waals surface area contributed by atoms with E-state index in [1.54, 1.807) is 14.0 Å². The Labute approximate surface area is 152 Å². The number of aromatic nitrogens is 1. The van der Waals surface area contributed by atoms with E-state index < -0.39 is 12.0 Å². The second-order valence-electron chi connectivity index (χ2n) is 6.47. The lowest BCUT2D eigenvalue weighted by Crippen LogP contribution is -2.42. The number of carbonyl (C=O) groups excluding carboxylic acids is 1. The number of amides is 1. The number of benzene rings is 2. The molecule has 0 radical (unpaired) electrons. The van der Waals surface area contributed by atoms with Gasteiger partial charge in [0.1, 0.15) is 0 Å². The third-order valence-corrected chi connectivity index (χ3v) is 4.78. The lowest BCUT2D eigenvalue weighted by atomic mass is 10.1. The third-order valence-electron chi connectivity index (χ3n) is 4.78. The number of para-hydroxylation sites is 1. The number of nitrogens with zero attached hydrogens (tertiary/aromatic N) is 2. The average molecular weight is 353 g/mol. The van der Waals surface area contributed by atoms with Gasteiger partial charge < -0.3 is 15.0 Å². The molecule has 0 spiro atoms. The first-order valence-corrected chi connectivity index (χ1v) is 8.66. The molecule has 6 nitrogen and oxygen atoms in total. The molecule has 0 saturated carbocycles. The number of hydrogen-bond acceptors (Lipinski definition) is 3. The van der Waals surface area contributed by atoms with Crippen LogP contribution in [0.15, 0.2) is 42.5 Å². The summed E-state index contributed by atoms with van der Waals surface area (Å²) >= 11 is 0. The van der Waals surface area contributed by atoms with Crippen molar-refractivity contribution in [3.8, 4) is 0 Å². The van der Waals surface area contributed by atoms with E-state index in [1.807, 2.05) is 30.3 Å². The Morgan fingerprint density at radius 1 is 1.15 bits per heavy atom. The molecule has 2 N–H and O–H groups in total. The number of nitrogens with one attached hydrogen (secondary N) is 1. The van der Waals surface area contributed by atoms with E-state index in [0.717, 1.165) is 22.8 Å². The van der Waals surface area contributed by atoms with Gasteiger partial charge in [-0.15, -0.1) is 0 Å². The molecular weight excluding hydrogens is 330 g/mol. The van der Waals surface area contributed by atoms with Crippen molar-refractivity contribution in [3.63, 3.8) is 0 Å². The molecule has 1 unspecified atom stereocenters. The first-order chi connectivity index (χ1) is 12.4. The molecule has 3 rings (SSSR count). The fourth-order valence-corrected chi connectivity index (χ4v) is 3.27. The van der Waals surface area contributed by atoms with Crippen LogP contribution in [0, 0.1) is 0 Å². The van der Waals surface area contributed by atoms with Gasteiger partial charge in [0.05, 0.1) is 12.6 Å². The molecule has 0 aliphatic carbocycles. The van der Waals surface area contributed by atoms with Gasteiger partial charge in [0.2, 0.25) is 5.91 Å². The zero-order chi connectivity index (χ0) is 18.8. The molecule has 2 aromatic carbocycles. The fraction of sp³-hybridized carbons (Fsp3) is 0.300. The van der Waals surface area contributed by atoms with Crippen molar-refractivity contribution in [2.75, 3.05) is 18.9 Å². The van der Waals surface area contributed by atoms with Crippen LogP contribution < -0.4 is 5.32 Å². The fourth-order valence-electron chi connectivity index (χ4n) is 3.27. The molecular formula is C20H23N3O3. The molecule has 26 heavy (non-hydrogen) atoms. The van der Waals surface area contributed by atoms with E-state index in [0.29, 0.717) is 5.69 Å². The molecule has 1 aromatic heterocycles. The molecule has 1 heterocycles. The molecule has 1 atom stereocenters. The Bertz CT molecular complexity index is 977. The van der Waals surface area contributed by atoms with Crippen LogP contribution in [0.2, 0.25) is 0 Å². The van der Waals surface area contributed by atoms with Gasteiger partial charge in [-0.05, 0) is 45.2 Å². The van der Waals surface area contributed by atoms with Gasteiger partial charge >= 0.3 is 5.97 Å². The van der Waals surface area contributed by atoms with Crippen LogP contribution in [0.1, 0.15) is 13.8 Å². The van der Waals surface area contributed by atoms with Crippen molar-refractivity contribution < 1.29 is 14.7 Å². The molecule has 0 aliphatic heterocycles. The molecule has 0 saturated heterocycles. The number of aliphatic carboxylic acids is 1. The van der Waals surface area contributed by atoms with Gasteiger partial charge in [0.25, 0.3) is 0 Å². The molecule has 0 fully saturated rings. The van der Waals surface area contributed by atoms with Crippen LogP contribution in [-0.2, 0) is 16.1 Å². The van der Waals surface area contributed by atoms with Crippen molar-refractivity contribution >= 4 is 39.4 Å². The Morgan fingerprint density at radius 2 is 1.85 bits per heavy atom. The normalized spacial score (nSPS) is 12.6. The van der Waals surface area contributed by atoms with Crippen LogP contribution in [0.3, 0.4) is 0 Å². The molecule has 3 aromatic rings. The summed E-state index contributed by atoms with van der Waals surface area (Å²) in [5.41, 5.74) is 3.00. The maximum Gasteiger partial charge on any atom is 0.317 e. The summed E-state index contributed by atoms with van der Waals surface area (Å²) in [5, 5.41) is 14.0. The lowest BCUT2D eigenvalue weighted by molar-refractivity contribution is -0.138. The zero-order valence-electron chi connectivity index (χ0n) is 15.2. The summed E-state index contributed by atoms with van der Waals surface area (Å²) in [5.74, 6) is -1.19. The maximum atomic E-state index is 12.4. The standard InChI is InChI=1S/C20H23N3O3/c1-4-23-17-8-6-5-7-15(17)16-11-14(9-10-18(16)23)21-20(26)13(2)22(3)12-19(24)25/h5-11,13H,4,12H2,1-3H3,(H,21,26)(H,24,25). The number of carbonyl (C=O) groups is 2. The summed E-state index contributed by atoms with van der Waals surface area (Å²) in [6.45, 7) is 4.49. The number of fused-ring (bicyclic) bond motifs is 3. The van der Waals surface area contributed by atoms with Gasteiger partial charge in [-0.3, -0.25) is 14.5 Å². The molecule has 1 amide bonds. The van der Waals surface area contributed by atoms with Crippen LogP contribution in [0.25, 0.3) is 21.8 Å². The van der Waals surface area contributed by atoms with Crippen LogP contribution in [0.5, 0.6) is 0 Å². The Balaban J connectivity index is 1.91. The van der Waals surface area contributed by atoms with Crippen molar-refractivity contribution in [1.29, 1.82) is 0 Å². The summed E-state index contributed by atoms with van der Waals surface area (Å²) in [6, 6.07) is 13.5. The minimum Gasteiger partial charge on any atom is -0.480 e. The minimum atomic E-state index is -0.957. The van der Waals surface area contributed by atoms with E-state index >= 15 is 0 Å². The first kappa shape index (κ1) is 17.9. The van der Waals surface area contributed by atoms with Crippen molar-refractivity contribution in [2.45, 2.75) is 26.4 Å². The number of carboxylic acids is 1. The third kappa shape index (κ3) is 3.28. The second-order valence-corrected chi connectivity index (χ2v) is 6.47. The second kappa shape index (κ2) is 7.17. The Hall–Kier alpha value is -2.86. The Kier molecular flexibility index (Phi) is 4.95. The van der Waals surface area contributed by atoms with Gasteiger partial charge in [-0.2, -0.15) is 0 Å². The van der Waals surface area contributed by atoms with Crippen molar-refractivity contribution in [2.24, 2.45) is 0 Å². The minimum absolute atomic E-state index is 0.183. The first-order valence-electron chi connectivity index (χ1n) is 8.66. The number of hydrogen-bond donors (Lipinski definition) is 2. The van der Waals surface area contributed by atoms with Gasteiger partial charge in [0.15, 0.2) is 0 Å². The number of aryl methyl sites for hydroxylation is 1. The van der Waals surface area contributed by atoms with E-state index in [-0.39, 0.29) is 12.5 Å². The summed E-state index contributed by atoms with van der Waals surface area (Å²) in [4.78, 5) is 24.8. The molecule has 0 bridgehead atoms.